The Hall–Kier alpha value is -3.52. The van der Waals surface area contributed by atoms with Crippen LogP contribution in [0.25, 0.3) is 0 Å². The van der Waals surface area contributed by atoms with Crippen LogP contribution in [0.5, 0.6) is 5.75 Å². The second kappa shape index (κ2) is 10.2. The number of benzene rings is 3. The van der Waals surface area contributed by atoms with Crippen molar-refractivity contribution in [1.29, 1.82) is 0 Å². The van der Waals surface area contributed by atoms with Crippen LogP contribution in [0.3, 0.4) is 0 Å². The zero-order chi connectivity index (χ0) is 23.1. The number of rotatable bonds is 7. The molecule has 0 bridgehead atoms. The predicted octanol–water partition coefficient (Wildman–Crippen LogP) is 5.31. The van der Waals surface area contributed by atoms with E-state index in [0.29, 0.717) is 6.54 Å². The molecule has 9 heteroatoms. The molecule has 2 N–H and O–H groups in total. The van der Waals surface area contributed by atoms with Crippen molar-refractivity contribution in [3.63, 3.8) is 0 Å². The lowest BCUT2D eigenvalue weighted by molar-refractivity contribution is -0.137. The van der Waals surface area contributed by atoms with Crippen molar-refractivity contribution in [3.8, 4) is 5.75 Å². The molecule has 0 fully saturated rings. The van der Waals surface area contributed by atoms with Crippen molar-refractivity contribution in [1.82, 2.24) is 5.32 Å². The van der Waals surface area contributed by atoms with E-state index in [4.69, 9.17) is 16.3 Å². The van der Waals surface area contributed by atoms with Gasteiger partial charge in [-0.05, 0) is 35.9 Å². The van der Waals surface area contributed by atoms with E-state index < -0.39 is 23.6 Å². The number of anilines is 1. The van der Waals surface area contributed by atoms with Gasteiger partial charge in [0.1, 0.15) is 5.75 Å². The summed E-state index contributed by atoms with van der Waals surface area (Å²) in [6.45, 7) is -0.0271. The molecule has 0 atom stereocenters. The number of nitrogens with one attached hydrogen (secondary N) is 2. The second-order valence-electron chi connectivity index (χ2n) is 6.69. The first kappa shape index (κ1) is 23.1. The number of carbonyl (C=O) groups excluding carboxylic acids is 2. The molecule has 2 amide bonds. The van der Waals surface area contributed by atoms with Crippen LogP contribution in [0, 0.1) is 0 Å². The van der Waals surface area contributed by atoms with Gasteiger partial charge in [-0.25, -0.2) is 0 Å². The maximum absolute atomic E-state index is 13.0. The van der Waals surface area contributed by atoms with Crippen molar-refractivity contribution in [3.05, 3.63) is 94.5 Å². The number of alkyl halides is 3. The van der Waals surface area contributed by atoms with Gasteiger partial charge in [-0.15, -0.1) is 0 Å². The fourth-order valence-electron chi connectivity index (χ4n) is 2.76. The average molecular weight is 463 g/mol. The molecular formula is C23H18ClF3N2O3. The third-order valence-corrected chi connectivity index (χ3v) is 4.69. The zero-order valence-corrected chi connectivity index (χ0v) is 17.3. The standard InChI is InChI=1S/C23H18ClF3N2O3/c24-18-11-10-16(23(25,26)27)12-19(18)29-22(31)17-8-4-5-9-20(17)32-14-21(30)28-13-15-6-2-1-3-7-15/h1-12H,13-14H2,(H,28,30)(H,29,31). The topological polar surface area (TPSA) is 67.4 Å². The van der Waals surface area contributed by atoms with Crippen LogP contribution in [0.2, 0.25) is 5.02 Å². The highest BCUT2D eigenvalue weighted by Gasteiger charge is 2.31. The Bertz CT molecular complexity index is 1110. The number of ether oxygens (including phenoxy) is 1. The first-order chi connectivity index (χ1) is 15.2. The van der Waals surface area contributed by atoms with Crippen LogP contribution in [-0.2, 0) is 17.5 Å². The van der Waals surface area contributed by atoms with E-state index >= 15 is 0 Å². The predicted molar refractivity (Wildman–Crippen MR) is 115 cm³/mol. The SMILES string of the molecule is O=C(COc1ccccc1C(=O)Nc1cc(C(F)(F)F)ccc1Cl)NCc1ccccc1. The molecule has 0 heterocycles. The molecule has 0 aliphatic rings. The first-order valence-corrected chi connectivity index (χ1v) is 9.82. The number of amides is 2. The Labute approximate surface area is 187 Å². The quantitative estimate of drug-likeness (QED) is 0.500. The number of hydrogen-bond donors (Lipinski definition) is 2. The average Bonchev–Trinajstić information content (AvgIpc) is 2.78. The Balaban J connectivity index is 1.66. The third kappa shape index (κ3) is 6.24. The molecule has 0 spiro atoms. The maximum Gasteiger partial charge on any atom is 0.416 e. The Morgan fingerprint density at radius 2 is 1.62 bits per heavy atom. The Morgan fingerprint density at radius 3 is 2.34 bits per heavy atom. The fourth-order valence-corrected chi connectivity index (χ4v) is 2.92. The van der Waals surface area contributed by atoms with Gasteiger partial charge in [-0.1, -0.05) is 54.1 Å². The van der Waals surface area contributed by atoms with Crippen molar-refractivity contribution >= 4 is 29.1 Å². The molecule has 0 radical (unpaired) electrons. The summed E-state index contributed by atoms with van der Waals surface area (Å²) in [6, 6.07) is 18.0. The summed E-state index contributed by atoms with van der Waals surface area (Å²) in [7, 11) is 0. The van der Waals surface area contributed by atoms with Crippen LogP contribution < -0.4 is 15.4 Å². The highest BCUT2D eigenvalue weighted by Crippen LogP contribution is 2.34. The third-order valence-electron chi connectivity index (χ3n) is 4.36. The molecule has 3 rings (SSSR count). The van der Waals surface area contributed by atoms with Crippen molar-refractivity contribution < 1.29 is 27.5 Å². The maximum atomic E-state index is 13.0. The number of para-hydroxylation sites is 1. The van der Waals surface area contributed by atoms with E-state index in [0.717, 1.165) is 23.8 Å². The van der Waals surface area contributed by atoms with Crippen LogP contribution in [0.4, 0.5) is 18.9 Å². The number of carbonyl (C=O) groups is 2. The van der Waals surface area contributed by atoms with Gasteiger partial charge in [-0.2, -0.15) is 13.2 Å². The summed E-state index contributed by atoms with van der Waals surface area (Å²) >= 11 is 5.94. The number of hydrogen-bond acceptors (Lipinski definition) is 3. The van der Waals surface area contributed by atoms with Crippen LogP contribution in [-0.4, -0.2) is 18.4 Å². The summed E-state index contributed by atoms with van der Waals surface area (Å²) < 4.78 is 44.3. The highest BCUT2D eigenvalue weighted by molar-refractivity contribution is 6.34. The van der Waals surface area contributed by atoms with Crippen LogP contribution in [0.1, 0.15) is 21.5 Å². The van der Waals surface area contributed by atoms with Crippen LogP contribution in [0.15, 0.2) is 72.8 Å². The van der Waals surface area contributed by atoms with Crippen molar-refractivity contribution in [2.45, 2.75) is 12.7 Å². The summed E-state index contributed by atoms with van der Waals surface area (Å²) in [5.74, 6) is -1.03. The summed E-state index contributed by atoms with van der Waals surface area (Å²) in [4.78, 5) is 24.7. The lowest BCUT2D eigenvalue weighted by atomic mass is 10.1. The molecular weight excluding hydrogens is 445 g/mol. The molecule has 3 aromatic carbocycles. The minimum atomic E-state index is -4.59. The lowest BCUT2D eigenvalue weighted by Crippen LogP contribution is -2.28. The first-order valence-electron chi connectivity index (χ1n) is 9.44. The molecule has 0 aromatic heterocycles. The van der Waals surface area contributed by atoms with Gasteiger partial charge in [0.2, 0.25) is 0 Å². The van der Waals surface area contributed by atoms with E-state index in [2.05, 4.69) is 10.6 Å². The van der Waals surface area contributed by atoms with Gasteiger partial charge in [0, 0.05) is 6.54 Å². The largest absolute Gasteiger partial charge is 0.483 e. The van der Waals surface area contributed by atoms with Gasteiger partial charge < -0.3 is 15.4 Å². The van der Waals surface area contributed by atoms with E-state index in [-0.39, 0.29) is 28.6 Å². The van der Waals surface area contributed by atoms with Gasteiger partial charge in [0.15, 0.2) is 6.61 Å². The second-order valence-corrected chi connectivity index (χ2v) is 7.10. The molecule has 0 aliphatic heterocycles. The van der Waals surface area contributed by atoms with Gasteiger partial charge in [0.05, 0.1) is 21.8 Å². The Morgan fingerprint density at radius 1 is 0.938 bits per heavy atom. The molecule has 0 saturated heterocycles. The number of halogens is 4. The lowest BCUT2D eigenvalue weighted by Gasteiger charge is -2.14. The smallest absolute Gasteiger partial charge is 0.416 e. The van der Waals surface area contributed by atoms with Crippen molar-refractivity contribution in [2.75, 3.05) is 11.9 Å². The minimum Gasteiger partial charge on any atom is -0.483 e. The molecule has 166 valence electrons. The zero-order valence-electron chi connectivity index (χ0n) is 16.6. The molecule has 32 heavy (non-hydrogen) atoms. The van der Waals surface area contributed by atoms with Crippen LogP contribution >= 0.6 is 11.6 Å². The molecule has 5 nitrogen and oxygen atoms in total. The van der Waals surface area contributed by atoms with E-state index in [1.54, 1.807) is 12.1 Å². The molecule has 0 aliphatic carbocycles. The van der Waals surface area contributed by atoms with Gasteiger partial charge in [0.25, 0.3) is 11.8 Å². The molecule has 3 aromatic rings. The van der Waals surface area contributed by atoms with Gasteiger partial charge >= 0.3 is 6.18 Å². The van der Waals surface area contributed by atoms with E-state index in [9.17, 15) is 22.8 Å². The minimum absolute atomic E-state index is 0.0387. The van der Waals surface area contributed by atoms with E-state index in [1.807, 2.05) is 30.3 Å². The molecule has 0 unspecified atom stereocenters. The summed E-state index contributed by atoms with van der Waals surface area (Å²) in [5.41, 5.74) is -0.186. The van der Waals surface area contributed by atoms with Crippen molar-refractivity contribution in [2.24, 2.45) is 0 Å². The fraction of sp³-hybridized carbons (Fsp3) is 0.130. The highest BCUT2D eigenvalue weighted by atomic mass is 35.5. The normalized spacial score (nSPS) is 11.0. The van der Waals surface area contributed by atoms with E-state index in [1.165, 1.54) is 12.1 Å². The molecule has 0 saturated carbocycles. The summed E-state index contributed by atoms with van der Waals surface area (Å²) in [5, 5.41) is 5.01. The summed E-state index contributed by atoms with van der Waals surface area (Å²) in [6.07, 6.45) is -4.59. The Kier molecular flexibility index (Phi) is 7.37. The monoisotopic (exact) mass is 462 g/mol. The van der Waals surface area contributed by atoms with Gasteiger partial charge in [-0.3, -0.25) is 9.59 Å².